The summed E-state index contributed by atoms with van der Waals surface area (Å²) in [6.45, 7) is 0. The van der Waals surface area contributed by atoms with Gasteiger partial charge in [-0.15, -0.1) is 0 Å². The van der Waals surface area contributed by atoms with Crippen LogP contribution in [-0.4, -0.2) is 14.8 Å². The fraction of sp³-hybridized carbons (Fsp3) is 0.0909. The highest BCUT2D eigenvalue weighted by atomic mass is 35.5. The van der Waals surface area contributed by atoms with E-state index in [0.717, 1.165) is 5.69 Å². The largest absolute Gasteiger partial charge is 0.435 e. The Kier molecular flexibility index (Phi) is 2.09. The van der Waals surface area contributed by atoms with Crippen LogP contribution in [0, 0.1) is 0 Å². The molecule has 0 unspecified atom stereocenters. The van der Waals surface area contributed by atoms with Crippen LogP contribution in [0.25, 0.3) is 22.7 Å². The molecule has 2 aromatic heterocycles. The number of oxazole rings is 1. The van der Waals surface area contributed by atoms with Gasteiger partial charge in [-0.2, -0.15) is 5.10 Å². The van der Waals surface area contributed by atoms with Crippen molar-refractivity contribution >= 4 is 28.4 Å². The summed E-state index contributed by atoms with van der Waals surface area (Å²) >= 11 is 5.93. The van der Waals surface area contributed by atoms with Crippen LogP contribution in [0.1, 0.15) is 0 Å². The molecule has 0 radical (unpaired) electrons. The first kappa shape index (κ1) is 10.2. The molecule has 0 spiro atoms. The first-order valence-corrected chi connectivity index (χ1v) is 5.37. The number of aromatic nitrogens is 3. The second-order valence-corrected chi connectivity index (χ2v) is 4.11. The molecule has 0 fully saturated rings. The van der Waals surface area contributed by atoms with E-state index in [-0.39, 0.29) is 0 Å². The van der Waals surface area contributed by atoms with Crippen LogP contribution < -0.4 is 5.73 Å². The van der Waals surface area contributed by atoms with Gasteiger partial charge in [0.15, 0.2) is 5.58 Å². The van der Waals surface area contributed by atoms with E-state index in [2.05, 4.69) is 10.1 Å². The van der Waals surface area contributed by atoms with Gasteiger partial charge >= 0.3 is 0 Å². The lowest BCUT2D eigenvalue weighted by Crippen LogP contribution is -1.92. The van der Waals surface area contributed by atoms with Crippen molar-refractivity contribution in [3.8, 4) is 11.6 Å². The van der Waals surface area contributed by atoms with Crippen LogP contribution in [0.4, 0.5) is 5.69 Å². The minimum atomic E-state index is 0.474. The van der Waals surface area contributed by atoms with Crippen LogP contribution >= 0.6 is 11.6 Å². The van der Waals surface area contributed by atoms with Gasteiger partial charge in [0, 0.05) is 19.3 Å². The number of aryl methyl sites for hydroxylation is 1. The van der Waals surface area contributed by atoms with Gasteiger partial charge in [-0.1, -0.05) is 11.6 Å². The quantitative estimate of drug-likeness (QED) is 0.672. The van der Waals surface area contributed by atoms with Gasteiger partial charge < -0.3 is 10.2 Å². The summed E-state index contributed by atoms with van der Waals surface area (Å²) in [7, 11) is 1.82. The number of nitrogen functional groups attached to an aromatic ring is 1. The zero-order valence-electron chi connectivity index (χ0n) is 9.01. The lowest BCUT2D eigenvalue weighted by Gasteiger charge is -1.94. The average molecular weight is 249 g/mol. The van der Waals surface area contributed by atoms with Crippen molar-refractivity contribution in [2.45, 2.75) is 0 Å². The fourth-order valence-corrected chi connectivity index (χ4v) is 1.82. The van der Waals surface area contributed by atoms with Crippen molar-refractivity contribution in [2.75, 3.05) is 5.73 Å². The zero-order valence-corrected chi connectivity index (χ0v) is 9.77. The summed E-state index contributed by atoms with van der Waals surface area (Å²) < 4.78 is 7.31. The van der Waals surface area contributed by atoms with Gasteiger partial charge in [-0.25, -0.2) is 4.98 Å². The second kappa shape index (κ2) is 3.49. The average Bonchev–Trinajstić information content (AvgIpc) is 2.85. The van der Waals surface area contributed by atoms with Crippen molar-refractivity contribution < 1.29 is 4.42 Å². The Morgan fingerprint density at radius 3 is 2.94 bits per heavy atom. The molecular formula is C11H9ClN4O. The highest BCUT2D eigenvalue weighted by molar-refractivity contribution is 6.33. The number of nitrogens with zero attached hydrogens (tertiary/aromatic N) is 3. The van der Waals surface area contributed by atoms with Crippen LogP contribution in [0.3, 0.4) is 0 Å². The van der Waals surface area contributed by atoms with Gasteiger partial charge in [0.1, 0.15) is 11.2 Å². The Labute approximate surface area is 102 Å². The maximum atomic E-state index is 5.93. The molecule has 17 heavy (non-hydrogen) atoms. The summed E-state index contributed by atoms with van der Waals surface area (Å²) in [5, 5.41) is 4.54. The third kappa shape index (κ3) is 1.55. The van der Waals surface area contributed by atoms with E-state index in [1.807, 2.05) is 13.1 Å². The summed E-state index contributed by atoms with van der Waals surface area (Å²) in [6.07, 6.45) is 1.69. The van der Waals surface area contributed by atoms with Crippen molar-refractivity contribution in [3.05, 3.63) is 29.4 Å². The maximum absolute atomic E-state index is 5.93. The second-order valence-electron chi connectivity index (χ2n) is 3.70. The number of halogens is 1. The smallest absolute Gasteiger partial charge is 0.245 e. The third-order valence-corrected chi connectivity index (χ3v) is 2.87. The van der Waals surface area contributed by atoms with Crippen molar-refractivity contribution in [1.82, 2.24) is 14.8 Å². The molecule has 0 bridgehead atoms. The lowest BCUT2D eigenvalue weighted by atomic mass is 10.3. The topological polar surface area (TPSA) is 69.9 Å². The number of nitrogens with two attached hydrogens (primary N) is 1. The predicted molar refractivity (Wildman–Crippen MR) is 65.6 cm³/mol. The molecule has 0 aliphatic carbocycles. The van der Waals surface area contributed by atoms with Gasteiger partial charge in [-0.3, -0.25) is 4.68 Å². The summed E-state index contributed by atoms with van der Waals surface area (Å²) in [5.41, 5.74) is 8.28. The van der Waals surface area contributed by atoms with Crippen LogP contribution in [0.2, 0.25) is 5.02 Å². The monoisotopic (exact) mass is 248 g/mol. The summed E-state index contributed by atoms with van der Waals surface area (Å²) in [4.78, 5) is 4.35. The van der Waals surface area contributed by atoms with Gasteiger partial charge in [-0.05, 0) is 12.1 Å². The summed E-state index contributed by atoms with van der Waals surface area (Å²) in [6, 6.07) is 5.19. The van der Waals surface area contributed by atoms with Gasteiger partial charge in [0.25, 0.3) is 0 Å². The minimum absolute atomic E-state index is 0.474. The Balaban J connectivity index is 2.24. The Morgan fingerprint density at radius 1 is 1.41 bits per heavy atom. The molecule has 0 saturated carbocycles. The van der Waals surface area contributed by atoms with Crippen molar-refractivity contribution in [3.63, 3.8) is 0 Å². The van der Waals surface area contributed by atoms with E-state index >= 15 is 0 Å². The molecule has 1 aromatic carbocycles. The van der Waals surface area contributed by atoms with Crippen LogP contribution in [0.15, 0.2) is 28.8 Å². The van der Waals surface area contributed by atoms with E-state index in [1.54, 1.807) is 23.0 Å². The molecule has 0 atom stereocenters. The molecule has 86 valence electrons. The number of anilines is 1. The summed E-state index contributed by atoms with van der Waals surface area (Å²) in [5.74, 6) is 0.502. The SMILES string of the molecule is Cn1nccc1-c1nc2cc(Cl)c(N)cc2o1. The molecule has 0 aliphatic rings. The maximum Gasteiger partial charge on any atom is 0.245 e. The Hall–Kier alpha value is -2.01. The normalized spacial score (nSPS) is 11.2. The molecule has 6 heteroatoms. The first-order chi connectivity index (χ1) is 8.15. The minimum Gasteiger partial charge on any atom is -0.435 e. The van der Waals surface area contributed by atoms with E-state index in [9.17, 15) is 0 Å². The Morgan fingerprint density at radius 2 is 2.24 bits per heavy atom. The van der Waals surface area contributed by atoms with E-state index in [1.165, 1.54) is 0 Å². The molecule has 0 saturated heterocycles. The molecule has 0 aliphatic heterocycles. The van der Waals surface area contributed by atoms with Crippen LogP contribution in [-0.2, 0) is 7.05 Å². The highest BCUT2D eigenvalue weighted by Crippen LogP contribution is 2.29. The van der Waals surface area contributed by atoms with Crippen molar-refractivity contribution in [2.24, 2.45) is 7.05 Å². The highest BCUT2D eigenvalue weighted by Gasteiger charge is 2.12. The molecular weight excluding hydrogens is 240 g/mol. The fourth-order valence-electron chi connectivity index (χ4n) is 1.66. The van der Waals surface area contributed by atoms with E-state index < -0.39 is 0 Å². The van der Waals surface area contributed by atoms with Gasteiger partial charge in [0.05, 0.1) is 10.7 Å². The molecule has 5 nitrogen and oxygen atoms in total. The van der Waals surface area contributed by atoms with Crippen molar-refractivity contribution in [1.29, 1.82) is 0 Å². The van der Waals surface area contributed by atoms with Crippen LogP contribution in [0.5, 0.6) is 0 Å². The van der Waals surface area contributed by atoms with E-state index in [0.29, 0.717) is 27.7 Å². The van der Waals surface area contributed by atoms with E-state index in [4.69, 9.17) is 21.8 Å². The molecule has 2 N–H and O–H groups in total. The third-order valence-electron chi connectivity index (χ3n) is 2.55. The first-order valence-electron chi connectivity index (χ1n) is 4.99. The molecule has 3 aromatic rings. The standard InChI is InChI=1S/C11H9ClN4O/c1-16-9(2-3-14-16)11-15-8-4-6(12)7(13)5-10(8)17-11/h2-5H,13H2,1H3. The number of benzene rings is 1. The number of hydrogen-bond donors (Lipinski definition) is 1. The predicted octanol–water partition coefficient (Wildman–Crippen LogP) is 2.46. The molecule has 2 heterocycles. The number of rotatable bonds is 1. The lowest BCUT2D eigenvalue weighted by molar-refractivity contribution is 0.606. The molecule has 0 amide bonds. The number of fused-ring (bicyclic) bond motifs is 1. The number of hydrogen-bond acceptors (Lipinski definition) is 4. The Bertz CT molecular complexity index is 662. The zero-order chi connectivity index (χ0) is 12.0. The van der Waals surface area contributed by atoms with Gasteiger partial charge in [0.2, 0.25) is 5.89 Å². The molecule has 3 rings (SSSR count).